The lowest BCUT2D eigenvalue weighted by Gasteiger charge is -2.17. The molecular formula is C52H85NO6. The summed E-state index contributed by atoms with van der Waals surface area (Å²) in [5, 5.41) is 0. The minimum absolute atomic E-state index is 0.150. The summed E-state index contributed by atoms with van der Waals surface area (Å²) in [5.41, 5.74) is 0.461. The van der Waals surface area contributed by atoms with Crippen molar-refractivity contribution >= 4 is 17.9 Å². The van der Waals surface area contributed by atoms with E-state index in [0.717, 1.165) is 83.8 Å². The molecule has 0 atom stereocenters. The molecule has 0 saturated carbocycles. The number of allylic oxidation sites excluding steroid dienone is 8. The van der Waals surface area contributed by atoms with E-state index in [0.29, 0.717) is 19.6 Å². The van der Waals surface area contributed by atoms with Crippen LogP contribution in [0.15, 0.2) is 66.8 Å². The molecule has 0 radical (unpaired) electrons. The molecule has 0 aliphatic rings. The van der Waals surface area contributed by atoms with Crippen molar-refractivity contribution in [2.75, 3.05) is 39.5 Å². The number of esters is 3. The Labute approximate surface area is 361 Å². The maximum absolute atomic E-state index is 13.1. The van der Waals surface area contributed by atoms with E-state index in [4.69, 9.17) is 14.2 Å². The molecule has 0 saturated heterocycles. The van der Waals surface area contributed by atoms with Gasteiger partial charge in [0.2, 0.25) is 0 Å². The Kier molecular flexibility index (Phi) is 36.3. The molecule has 1 aromatic carbocycles. The molecule has 1 rings (SSSR count). The van der Waals surface area contributed by atoms with Crippen LogP contribution in [0, 0.1) is 0 Å². The molecule has 0 fully saturated rings. The zero-order chi connectivity index (χ0) is 42.9. The zero-order valence-corrected chi connectivity index (χ0v) is 38.2. The smallest absolute Gasteiger partial charge is 0.338 e. The lowest BCUT2D eigenvalue weighted by Crippen LogP contribution is -2.25. The molecule has 334 valence electrons. The summed E-state index contributed by atoms with van der Waals surface area (Å²) in [6, 6.07) is 4.40. The molecule has 59 heavy (non-hydrogen) atoms. The molecule has 7 heteroatoms. The van der Waals surface area contributed by atoms with E-state index in [1.165, 1.54) is 108 Å². The summed E-state index contributed by atoms with van der Waals surface area (Å²) in [6.45, 7) is 12.2. The van der Waals surface area contributed by atoms with E-state index < -0.39 is 17.9 Å². The number of hydrogen-bond donors (Lipinski definition) is 0. The summed E-state index contributed by atoms with van der Waals surface area (Å²) >= 11 is 0. The van der Waals surface area contributed by atoms with E-state index in [2.05, 4.69) is 81.2 Å². The van der Waals surface area contributed by atoms with Gasteiger partial charge in [0.25, 0.3) is 0 Å². The number of unbranched alkanes of at least 4 members (excludes halogenated alkanes) is 18. The van der Waals surface area contributed by atoms with Gasteiger partial charge in [0, 0.05) is 6.54 Å². The van der Waals surface area contributed by atoms with Gasteiger partial charge in [-0.3, -0.25) is 0 Å². The molecular weight excluding hydrogens is 735 g/mol. The molecule has 0 aliphatic heterocycles. The van der Waals surface area contributed by atoms with Crippen molar-refractivity contribution in [2.24, 2.45) is 0 Å². The van der Waals surface area contributed by atoms with Crippen LogP contribution >= 0.6 is 0 Å². The molecule has 0 N–H and O–H groups in total. The highest BCUT2D eigenvalue weighted by Gasteiger charge is 2.19. The van der Waals surface area contributed by atoms with E-state index in [-0.39, 0.29) is 23.3 Å². The van der Waals surface area contributed by atoms with Crippen molar-refractivity contribution in [3.8, 4) is 0 Å². The molecule has 0 aliphatic carbocycles. The summed E-state index contributed by atoms with van der Waals surface area (Å²) in [5.74, 6) is -1.67. The molecule has 0 unspecified atom stereocenters. The van der Waals surface area contributed by atoms with Crippen molar-refractivity contribution in [1.29, 1.82) is 0 Å². The molecule has 1 aromatic rings. The van der Waals surface area contributed by atoms with Crippen LogP contribution in [0.3, 0.4) is 0 Å². The monoisotopic (exact) mass is 820 g/mol. The fourth-order valence-electron chi connectivity index (χ4n) is 6.73. The third-order valence-corrected chi connectivity index (χ3v) is 10.5. The maximum Gasteiger partial charge on any atom is 0.338 e. The average molecular weight is 820 g/mol. The fourth-order valence-corrected chi connectivity index (χ4v) is 6.73. The van der Waals surface area contributed by atoms with Crippen LogP contribution in [0.2, 0.25) is 0 Å². The van der Waals surface area contributed by atoms with Crippen molar-refractivity contribution in [2.45, 2.75) is 188 Å². The molecule has 0 spiro atoms. The summed E-state index contributed by atoms with van der Waals surface area (Å²) in [7, 11) is 0. The molecule has 0 amide bonds. The van der Waals surface area contributed by atoms with E-state index in [9.17, 15) is 14.4 Å². The maximum atomic E-state index is 13.1. The third-order valence-electron chi connectivity index (χ3n) is 10.5. The summed E-state index contributed by atoms with van der Waals surface area (Å²) in [4.78, 5) is 41.6. The first-order chi connectivity index (χ1) is 29.0. The highest BCUT2D eigenvalue weighted by atomic mass is 16.5. The zero-order valence-electron chi connectivity index (χ0n) is 38.2. The van der Waals surface area contributed by atoms with E-state index in [1.807, 2.05) is 0 Å². The standard InChI is InChI=1S/C52H85NO6/c1-5-9-11-13-15-17-19-21-23-25-27-29-31-33-35-37-41-57-50(54)47-44-48(46-49(45-47)52(56)59-43-39-40-53(7-3)8-4)51(55)58-42-38-36-34-32-30-28-26-24-22-20-18-16-14-12-10-6-2/h15-18,21-24,44-46H,5-14,19-20,25-43H2,1-4H3/b17-15-,18-16-,23-21-,24-22-. The normalized spacial score (nSPS) is 11.9. The molecule has 7 nitrogen and oxygen atoms in total. The first kappa shape index (κ1) is 53.6. The Morgan fingerprint density at radius 2 is 0.712 bits per heavy atom. The van der Waals surface area contributed by atoms with E-state index >= 15 is 0 Å². The summed E-state index contributed by atoms with van der Waals surface area (Å²) in [6.07, 6.45) is 46.2. The van der Waals surface area contributed by atoms with Crippen LogP contribution in [0.1, 0.15) is 219 Å². The van der Waals surface area contributed by atoms with Crippen LogP contribution in [-0.4, -0.2) is 62.3 Å². The second kappa shape index (κ2) is 40.0. The number of carbonyl (C=O) groups excluding carboxylic acids is 3. The topological polar surface area (TPSA) is 82.1 Å². The van der Waals surface area contributed by atoms with Crippen molar-refractivity contribution in [1.82, 2.24) is 4.90 Å². The van der Waals surface area contributed by atoms with Gasteiger partial charge in [-0.15, -0.1) is 0 Å². The number of rotatable bonds is 39. The van der Waals surface area contributed by atoms with E-state index in [1.54, 1.807) is 0 Å². The van der Waals surface area contributed by atoms with Crippen LogP contribution in [0.25, 0.3) is 0 Å². The van der Waals surface area contributed by atoms with Crippen LogP contribution in [-0.2, 0) is 14.2 Å². The van der Waals surface area contributed by atoms with Crippen molar-refractivity contribution in [3.05, 3.63) is 83.5 Å². The Morgan fingerprint density at radius 3 is 1.05 bits per heavy atom. The van der Waals surface area contributed by atoms with Gasteiger partial charge in [-0.2, -0.15) is 0 Å². The van der Waals surface area contributed by atoms with Crippen LogP contribution < -0.4 is 0 Å². The molecule has 0 aromatic heterocycles. The molecule has 0 bridgehead atoms. The highest BCUT2D eigenvalue weighted by molar-refractivity contribution is 6.00. The Bertz CT molecular complexity index is 1230. The predicted molar refractivity (Wildman–Crippen MR) is 248 cm³/mol. The minimum atomic E-state index is -0.566. The lowest BCUT2D eigenvalue weighted by atomic mass is 10.1. The van der Waals surface area contributed by atoms with Crippen molar-refractivity contribution in [3.63, 3.8) is 0 Å². The third kappa shape index (κ3) is 31.1. The molecule has 0 heterocycles. The second-order valence-corrected chi connectivity index (χ2v) is 15.8. The van der Waals surface area contributed by atoms with Crippen LogP contribution in [0.4, 0.5) is 0 Å². The van der Waals surface area contributed by atoms with Gasteiger partial charge in [0.05, 0.1) is 36.5 Å². The average Bonchev–Trinajstić information content (AvgIpc) is 3.25. The summed E-state index contributed by atoms with van der Waals surface area (Å²) < 4.78 is 16.7. The van der Waals surface area contributed by atoms with Gasteiger partial charge in [0.1, 0.15) is 0 Å². The predicted octanol–water partition coefficient (Wildman–Crippen LogP) is 14.5. The second-order valence-electron chi connectivity index (χ2n) is 15.8. The number of carbonyl (C=O) groups is 3. The Hall–Kier alpha value is -3.45. The van der Waals surface area contributed by atoms with Gasteiger partial charge in [-0.1, -0.05) is 153 Å². The number of nitrogens with zero attached hydrogens (tertiary/aromatic N) is 1. The van der Waals surface area contributed by atoms with Crippen molar-refractivity contribution < 1.29 is 28.6 Å². The van der Waals surface area contributed by atoms with Gasteiger partial charge < -0.3 is 19.1 Å². The lowest BCUT2D eigenvalue weighted by molar-refractivity contribution is 0.0488. The van der Waals surface area contributed by atoms with Gasteiger partial charge in [-0.05, 0) is 115 Å². The number of ether oxygens (including phenoxy) is 3. The SMILES string of the molecule is CCCCC/C=C\C/C=C\CCCCCCCCOC(=O)c1cc(C(=O)OCCCCCCCC/C=C\C/C=C\CCCCC)cc(C(=O)OCCCN(CC)CC)c1. The number of benzene rings is 1. The first-order valence-electron chi connectivity index (χ1n) is 23.9. The van der Waals surface area contributed by atoms with Gasteiger partial charge >= 0.3 is 17.9 Å². The minimum Gasteiger partial charge on any atom is -0.462 e. The van der Waals surface area contributed by atoms with Crippen LogP contribution in [0.5, 0.6) is 0 Å². The number of hydrogen-bond acceptors (Lipinski definition) is 7. The fraction of sp³-hybridized carbons (Fsp3) is 0.673. The van der Waals surface area contributed by atoms with Gasteiger partial charge in [0.15, 0.2) is 0 Å². The van der Waals surface area contributed by atoms with Gasteiger partial charge in [-0.25, -0.2) is 14.4 Å². The first-order valence-corrected chi connectivity index (χ1v) is 23.9. The Balaban J connectivity index is 2.48. The Morgan fingerprint density at radius 1 is 0.407 bits per heavy atom. The quantitative estimate of drug-likeness (QED) is 0.0283. The largest absolute Gasteiger partial charge is 0.462 e. The highest BCUT2D eigenvalue weighted by Crippen LogP contribution is 2.17.